The van der Waals surface area contributed by atoms with Gasteiger partial charge in [-0.3, -0.25) is 0 Å². The van der Waals surface area contributed by atoms with Gasteiger partial charge in [0.2, 0.25) is 0 Å². The molecular formula is C18H32O2. The number of hydrogen-bond donors (Lipinski definition) is 0. The predicted molar refractivity (Wildman–Crippen MR) is 81.8 cm³/mol. The second-order valence-corrected chi connectivity index (χ2v) is 8.45. The Morgan fingerprint density at radius 1 is 0.800 bits per heavy atom. The molecular weight excluding hydrogens is 248 g/mol. The molecule has 7 atom stereocenters. The van der Waals surface area contributed by atoms with Crippen LogP contribution in [-0.4, -0.2) is 23.4 Å². The van der Waals surface area contributed by atoms with Gasteiger partial charge in [0, 0.05) is 0 Å². The summed E-state index contributed by atoms with van der Waals surface area (Å²) >= 11 is 0. The average Bonchev–Trinajstić information content (AvgIpc) is 3.21. The summed E-state index contributed by atoms with van der Waals surface area (Å²) in [6.07, 6.45) is 9.14. The van der Waals surface area contributed by atoms with Crippen molar-refractivity contribution in [3.8, 4) is 0 Å². The molecule has 2 heterocycles. The highest BCUT2D eigenvalue weighted by molar-refractivity contribution is 5.04. The van der Waals surface area contributed by atoms with Gasteiger partial charge in [0.05, 0.1) is 23.4 Å². The lowest BCUT2D eigenvalue weighted by Crippen LogP contribution is -2.26. The zero-order valence-electron chi connectivity index (χ0n) is 13.9. The smallest absolute Gasteiger partial charge is 0.0923 e. The van der Waals surface area contributed by atoms with Crippen molar-refractivity contribution in [2.45, 2.75) is 96.6 Å². The van der Waals surface area contributed by atoms with E-state index in [4.69, 9.17) is 9.47 Å². The minimum atomic E-state index is 0.298. The summed E-state index contributed by atoms with van der Waals surface area (Å²) in [5, 5.41) is 0. The summed E-state index contributed by atoms with van der Waals surface area (Å²) < 4.78 is 11.2. The van der Waals surface area contributed by atoms with Gasteiger partial charge < -0.3 is 9.47 Å². The maximum Gasteiger partial charge on any atom is 0.0923 e. The molecule has 2 heteroatoms. The third kappa shape index (κ3) is 2.92. The van der Waals surface area contributed by atoms with Gasteiger partial charge in [0.25, 0.3) is 0 Å². The van der Waals surface area contributed by atoms with E-state index in [2.05, 4.69) is 34.6 Å². The molecule has 0 aromatic carbocycles. The molecule has 4 fully saturated rings. The molecule has 4 rings (SSSR count). The van der Waals surface area contributed by atoms with Crippen molar-refractivity contribution in [3.05, 3.63) is 0 Å². The standard InChI is InChI=1S/2C9H16O/c1-6-4-8-9(3,10-8)5-7(6)2;1-7-3-4-8-9(2,10-8)6-5-7/h6-8H,4-5H2,1-3H3;7-8H,3-6H2,1-2H3. The number of rotatable bonds is 0. The van der Waals surface area contributed by atoms with Crippen LogP contribution in [0.2, 0.25) is 0 Å². The largest absolute Gasteiger partial charge is 0.366 e. The summed E-state index contributed by atoms with van der Waals surface area (Å²) in [5.74, 6) is 2.68. The molecule has 7 unspecified atom stereocenters. The Kier molecular flexibility index (Phi) is 3.70. The fourth-order valence-corrected chi connectivity index (χ4v) is 4.17. The van der Waals surface area contributed by atoms with Gasteiger partial charge in [0.15, 0.2) is 0 Å². The fourth-order valence-electron chi connectivity index (χ4n) is 4.17. The molecule has 2 saturated heterocycles. The van der Waals surface area contributed by atoms with Crippen molar-refractivity contribution < 1.29 is 9.47 Å². The average molecular weight is 280 g/mol. The van der Waals surface area contributed by atoms with Gasteiger partial charge in [-0.1, -0.05) is 20.8 Å². The Hall–Kier alpha value is -0.0800. The topological polar surface area (TPSA) is 25.1 Å². The lowest BCUT2D eigenvalue weighted by Gasteiger charge is -2.25. The van der Waals surface area contributed by atoms with E-state index in [1.165, 1.54) is 38.5 Å². The molecule has 0 radical (unpaired) electrons. The van der Waals surface area contributed by atoms with Crippen molar-refractivity contribution in [1.82, 2.24) is 0 Å². The van der Waals surface area contributed by atoms with Crippen LogP contribution in [0.3, 0.4) is 0 Å². The summed E-state index contributed by atoms with van der Waals surface area (Å²) in [6, 6.07) is 0. The zero-order valence-corrected chi connectivity index (χ0v) is 13.9. The second-order valence-electron chi connectivity index (χ2n) is 8.45. The summed E-state index contributed by atoms with van der Waals surface area (Å²) in [5.41, 5.74) is 0.608. The van der Waals surface area contributed by atoms with E-state index in [0.29, 0.717) is 23.4 Å². The Morgan fingerprint density at radius 2 is 1.50 bits per heavy atom. The number of epoxide rings is 2. The molecule has 0 aromatic rings. The third-order valence-electron chi connectivity index (χ3n) is 6.41. The van der Waals surface area contributed by atoms with E-state index in [9.17, 15) is 0 Å². The van der Waals surface area contributed by atoms with Gasteiger partial charge in [-0.05, 0) is 70.1 Å². The fraction of sp³-hybridized carbons (Fsp3) is 1.00. The molecule has 2 aliphatic carbocycles. The Labute approximate surface area is 124 Å². The van der Waals surface area contributed by atoms with E-state index in [-0.39, 0.29) is 0 Å². The second kappa shape index (κ2) is 4.98. The van der Waals surface area contributed by atoms with Crippen LogP contribution in [0.4, 0.5) is 0 Å². The molecule has 0 N–H and O–H groups in total. The maximum atomic E-state index is 5.61. The Bertz CT molecular complexity index is 366. The van der Waals surface area contributed by atoms with Crippen LogP contribution in [0.15, 0.2) is 0 Å². The maximum absolute atomic E-state index is 5.61. The SMILES string of the molecule is CC1CC2OC2(C)CC1C.CC1CCC2OC2(C)CC1. The summed E-state index contributed by atoms with van der Waals surface area (Å²) in [7, 11) is 0. The molecule has 20 heavy (non-hydrogen) atoms. The predicted octanol–water partition coefficient (Wildman–Crippen LogP) is 4.56. The number of hydrogen-bond acceptors (Lipinski definition) is 2. The molecule has 0 aromatic heterocycles. The minimum absolute atomic E-state index is 0.298. The van der Waals surface area contributed by atoms with Gasteiger partial charge in [0.1, 0.15) is 0 Å². The first-order chi connectivity index (χ1) is 9.32. The molecule has 0 amide bonds. The monoisotopic (exact) mass is 280 g/mol. The third-order valence-corrected chi connectivity index (χ3v) is 6.41. The number of ether oxygens (including phenoxy) is 2. The first-order valence-corrected chi connectivity index (χ1v) is 8.68. The normalized spacial score (nSPS) is 56.5. The summed E-state index contributed by atoms with van der Waals surface area (Å²) in [6.45, 7) is 11.5. The Balaban J connectivity index is 0.000000121. The Morgan fingerprint density at radius 3 is 2.20 bits per heavy atom. The van der Waals surface area contributed by atoms with Gasteiger partial charge in [-0.15, -0.1) is 0 Å². The van der Waals surface area contributed by atoms with E-state index < -0.39 is 0 Å². The highest BCUT2D eigenvalue weighted by atomic mass is 16.6. The lowest BCUT2D eigenvalue weighted by molar-refractivity contribution is 0.251. The molecule has 4 aliphatic rings. The van der Waals surface area contributed by atoms with E-state index in [1.54, 1.807) is 0 Å². The van der Waals surface area contributed by atoms with Crippen LogP contribution >= 0.6 is 0 Å². The molecule has 2 aliphatic heterocycles. The van der Waals surface area contributed by atoms with E-state index >= 15 is 0 Å². The van der Waals surface area contributed by atoms with Gasteiger partial charge in [-0.25, -0.2) is 0 Å². The van der Waals surface area contributed by atoms with Crippen LogP contribution in [0.1, 0.15) is 73.1 Å². The molecule has 0 bridgehead atoms. The quantitative estimate of drug-likeness (QED) is 0.607. The molecule has 116 valence electrons. The highest BCUT2D eigenvalue weighted by Crippen LogP contribution is 2.51. The van der Waals surface area contributed by atoms with Crippen molar-refractivity contribution in [3.63, 3.8) is 0 Å². The first-order valence-electron chi connectivity index (χ1n) is 8.68. The van der Waals surface area contributed by atoms with Crippen LogP contribution in [-0.2, 0) is 9.47 Å². The summed E-state index contributed by atoms with van der Waals surface area (Å²) in [4.78, 5) is 0. The van der Waals surface area contributed by atoms with Gasteiger partial charge in [-0.2, -0.15) is 0 Å². The lowest BCUT2D eigenvalue weighted by atomic mass is 9.77. The van der Waals surface area contributed by atoms with Crippen molar-refractivity contribution in [1.29, 1.82) is 0 Å². The molecule has 0 spiro atoms. The molecule has 2 saturated carbocycles. The van der Waals surface area contributed by atoms with Crippen molar-refractivity contribution in [2.75, 3.05) is 0 Å². The van der Waals surface area contributed by atoms with Gasteiger partial charge >= 0.3 is 0 Å². The van der Waals surface area contributed by atoms with Crippen LogP contribution < -0.4 is 0 Å². The van der Waals surface area contributed by atoms with E-state index in [1.807, 2.05) is 0 Å². The number of fused-ring (bicyclic) bond motifs is 2. The van der Waals surface area contributed by atoms with Crippen LogP contribution in [0.25, 0.3) is 0 Å². The first kappa shape index (κ1) is 14.8. The highest BCUT2D eigenvalue weighted by Gasteiger charge is 2.56. The van der Waals surface area contributed by atoms with Crippen molar-refractivity contribution >= 4 is 0 Å². The minimum Gasteiger partial charge on any atom is -0.366 e. The molecule has 2 nitrogen and oxygen atoms in total. The van der Waals surface area contributed by atoms with Crippen LogP contribution in [0, 0.1) is 17.8 Å². The van der Waals surface area contributed by atoms with E-state index in [0.717, 1.165) is 17.8 Å². The zero-order chi connectivity index (χ0) is 14.5. The van der Waals surface area contributed by atoms with Crippen molar-refractivity contribution in [2.24, 2.45) is 17.8 Å². The van der Waals surface area contributed by atoms with Crippen LogP contribution in [0.5, 0.6) is 0 Å².